The third-order valence-electron chi connectivity index (χ3n) is 5.37. The Bertz CT molecular complexity index is 1500. The zero-order valence-corrected chi connectivity index (χ0v) is 22.2. The van der Waals surface area contributed by atoms with Gasteiger partial charge in [0.2, 0.25) is 0 Å². The number of ether oxygens (including phenoxy) is 2. The summed E-state index contributed by atoms with van der Waals surface area (Å²) in [6.07, 6.45) is 1.46. The van der Waals surface area contributed by atoms with Crippen LogP contribution in [-0.4, -0.2) is 5.91 Å². The average molecular weight is 564 g/mol. The van der Waals surface area contributed by atoms with Crippen molar-refractivity contribution in [2.24, 2.45) is 0 Å². The van der Waals surface area contributed by atoms with Crippen LogP contribution < -0.4 is 14.8 Å². The van der Waals surface area contributed by atoms with Gasteiger partial charge in [0.25, 0.3) is 5.91 Å². The van der Waals surface area contributed by atoms with Crippen molar-refractivity contribution in [2.75, 3.05) is 5.32 Å². The van der Waals surface area contributed by atoms with Gasteiger partial charge in [0.15, 0.2) is 0 Å². The van der Waals surface area contributed by atoms with E-state index in [1.807, 2.05) is 42.5 Å². The lowest BCUT2D eigenvalue weighted by Gasteiger charge is -2.10. The number of hydrogen-bond acceptors (Lipinski definition) is 4. The van der Waals surface area contributed by atoms with Crippen molar-refractivity contribution < 1.29 is 14.3 Å². The minimum Gasteiger partial charge on any atom is -0.489 e. The van der Waals surface area contributed by atoms with E-state index in [2.05, 4.69) is 5.32 Å². The van der Waals surface area contributed by atoms with Gasteiger partial charge in [-0.15, -0.1) is 0 Å². The predicted molar refractivity (Wildman–Crippen MR) is 152 cm³/mol. The van der Waals surface area contributed by atoms with Crippen LogP contribution >= 0.6 is 34.8 Å². The van der Waals surface area contributed by atoms with Crippen molar-refractivity contribution in [2.45, 2.75) is 13.2 Å². The van der Waals surface area contributed by atoms with Gasteiger partial charge in [0.1, 0.15) is 36.4 Å². The van der Waals surface area contributed by atoms with Crippen LogP contribution in [0.1, 0.15) is 16.7 Å². The lowest BCUT2D eigenvalue weighted by atomic mass is 10.1. The molecule has 0 aliphatic rings. The molecule has 0 atom stereocenters. The zero-order valence-electron chi connectivity index (χ0n) is 20.0. The smallest absolute Gasteiger partial charge is 0.266 e. The molecule has 190 valence electrons. The van der Waals surface area contributed by atoms with Gasteiger partial charge in [-0.25, -0.2) is 0 Å². The van der Waals surface area contributed by atoms with Crippen molar-refractivity contribution in [1.29, 1.82) is 5.26 Å². The molecule has 4 aromatic rings. The first kappa shape index (κ1) is 27.1. The number of nitrogens with zero attached hydrogens (tertiary/aromatic N) is 1. The highest BCUT2D eigenvalue weighted by Crippen LogP contribution is 2.29. The summed E-state index contributed by atoms with van der Waals surface area (Å²) in [6, 6.07) is 28.9. The number of nitriles is 1. The van der Waals surface area contributed by atoms with E-state index in [1.54, 1.807) is 54.6 Å². The lowest BCUT2D eigenvalue weighted by molar-refractivity contribution is -0.112. The quantitative estimate of drug-likeness (QED) is 0.164. The van der Waals surface area contributed by atoms with E-state index in [4.69, 9.17) is 44.3 Å². The molecule has 0 aromatic heterocycles. The van der Waals surface area contributed by atoms with Crippen LogP contribution in [0, 0.1) is 11.3 Å². The molecule has 4 aromatic carbocycles. The van der Waals surface area contributed by atoms with Crippen LogP contribution in [0.2, 0.25) is 15.1 Å². The lowest BCUT2D eigenvalue weighted by Crippen LogP contribution is -2.13. The normalized spacial score (nSPS) is 10.9. The highest BCUT2D eigenvalue weighted by Gasteiger charge is 2.11. The van der Waals surface area contributed by atoms with Crippen LogP contribution in [0.3, 0.4) is 0 Å². The summed E-state index contributed by atoms with van der Waals surface area (Å²) in [5, 5.41) is 13.5. The fraction of sp³-hybridized carbons (Fsp3) is 0.0667. The van der Waals surface area contributed by atoms with Crippen molar-refractivity contribution in [3.05, 3.63) is 128 Å². The Labute approximate surface area is 235 Å². The predicted octanol–water partition coefficient (Wildman–Crippen LogP) is 8.35. The summed E-state index contributed by atoms with van der Waals surface area (Å²) in [5.41, 5.74) is 2.93. The molecule has 0 fully saturated rings. The first-order valence-electron chi connectivity index (χ1n) is 11.5. The van der Waals surface area contributed by atoms with Crippen LogP contribution in [0.25, 0.3) is 6.08 Å². The summed E-state index contributed by atoms with van der Waals surface area (Å²) in [7, 11) is 0. The Morgan fingerprint density at radius 1 is 0.789 bits per heavy atom. The molecule has 0 bridgehead atoms. The van der Waals surface area contributed by atoms with Gasteiger partial charge in [0, 0.05) is 5.69 Å². The summed E-state index contributed by atoms with van der Waals surface area (Å²) in [4.78, 5) is 12.7. The van der Waals surface area contributed by atoms with Crippen molar-refractivity contribution in [3.63, 3.8) is 0 Å². The fourth-order valence-electron chi connectivity index (χ4n) is 3.40. The summed E-state index contributed by atoms with van der Waals surface area (Å²) >= 11 is 18.4. The van der Waals surface area contributed by atoms with E-state index in [0.29, 0.717) is 44.4 Å². The second-order valence-electron chi connectivity index (χ2n) is 8.15. The van der Waals surface area contributed by atoms with Crippen LogP contribution in [0.4, 0.5) is 5.69 Å². The van der Waals surface area contributed by atoms with Gasteiger partial charge in [-0.3, -0.25) is 4.79 Å². The van der Waals surface area contributed by atoms with Gasteiger partial charge < -0.3 is 14.8 Å². The van der Waals surface area contributed by atoms with E-state index >= 15 is 0 Å². The molecule has 8 heteroatoms. The largest absolute Gasteiger partial charge is 0.489 e. The Morgan fingerprint density at radius 2 is 1.53 bits per heavy atom. The summed E-state index contributed by atoms with van der Waals surface area (Å²) < 4.78 is 11.5. The van der Waals surface area contributed by atoms with Crippen LogP contribution in [0.5, 0.6) is 11.5 Å². The highest BCUT2D eigenvalue weighted by atomic mass is 35.5. The molecule has 5 nitrogen and oxygen atoms in total. The zero-order chi connectivity index (χ0) is 26.9. The number of benzene rings is 4. The van der Waals surface area contributed by atoms with Gasteiger partial charge in [-0.2, -0.15) is 5.26 Å². The fourth-order valence-corrected chi connectivity index (χ4v) is 3.97. The van der Waals surface area contributed by atoms with Crippen molar-refractivity contribution >= 4 is 52.5 Å². The molecular weight excluding hydrogens is 543 g/mol. The van der Waals surface area contributed by atoms with E-state index in [0.717, 1.165) is 11.1 Å². The number of amides is 1. The molecule has 0 saturated heterocycles. The molecular formula is C30H21Cl3N2O3. The summed E-state index contributed by atoms with van der Waals surface area (Å²) in [6.45, 7) is 0.684. The first-order valence-corrected chi connectivity index (χ1v) is 12.6. The maximum Gasteiger partial charge on any atom is 0.266 e. The van der Waals surface area contributed by atoms with Gasteiger partial charge in [0.05, 0.1) is 15.1 Å². The van der Waals surface area contributed by atoms with E-state index in [9.17, 15) is 10.1 Å². The first-order chi connectivity index (χ1) is 18.4. The van der Waals surface area contributed by atoms with Gasteiger partial charge >= 0.3 is 0 Å². The maximum atomic E-state index is 12.7. The van der Waals surface area contributed by atoms with E-state index in [1.165, 1.54) is 6.08 Å². The number of nitrogens with one attached hydrogen (secondary N) is 1. The third-order valence-corrected chi connectivity index (χ3v) is 6.41. The molecule has 0 radical (unpaired) electrons. The number of anilines is 1. The third kappa shape index (κ3) is 7.53. The topological polar surface area (TPSA) is 71.3 Å². The number of rotatable bonds is 9. The number of hydrogen-bond donors (Lipinski definition) is 1. The monoisotopic (exact) mass is 562 g/mol. The SMILES string of the molecule is N#C/C(=C\c1ccc(OCc2ccc(Cl)c(Cl)c2)c(Cl)c1)C(=O)Nc1ccc(OCc2ccccc2)cc1. The second-order valence-corrected chi connectivity index (χ2v) is 9.37. The Balaban J connectivity index is 1.36. The van der Waals surface area contributed by atoms with Crippen molar-refractivity contribution in [3.8, 4) is 17.6 Å². The Morgan fingerprint density at radius 3 is 2.21 bits per heavy atom. The minimum absolute atomic E-state index is 0.0741. The Kier molecular flexibility index (Phi) is 9.29. The van der Waals surface area contributed by atoms with Gasteiger partial charge in [-0.1, -0.05) is 77.3 Å². The summed E-state index contributed by atoms with van der Waals surface area (Å²) in [5.74, 6) is 0.577. The molecule has 0 heterocycles. The second kappa shape index (κ2) is 13.0. The molecule has 4 rings (SSSR count). The maximum absolute atomic E-state index is 12.7. The number of carbonyl (C=O) groups is 1. The molecule has 1 N–H and O–H groups in total. The van der Waals surface area contributed by atoms with E-state index in [-0.39, 0.29) is 12.2 Å². The molecule has 0 spiro atoms. The molecule has 0 aliphatic heterocycles. The van der Waals surface area contributed by atoms with Crippen LogP contribution in [-0.2, 0) is 18.0 Å². The minimum atomic E-state index is -0.540. The molecule has 0 aliphatic carbocycles. The van der Waals surface area contributed by atoms with Crippen LogP contribution in [0.15, 0.2) is 96.6 Å². The molecule has 0 unspecified atom stereocenters. The molecule has 0 saturated carbocycles. The highest BCUT2D eigenvalue weighted by molar-refractivity contribution is 6.42. The van der Waals surface area contributed by atoms with Crippen molar-refractivity contribution in [1.82, 2.24) is 0 Å². The standard InChI is InChI=1S/C30H21Cl3N2O3/c31-26-12-6-22(16-27(26)32)19-38-29-13-7-21(15-28(29)33)14-23(17-34)30(36)35-24-8-10-25(11-9-24)37-18-20-4-2-1-3-5-20/h1-16H,18-19H2,(H,35,36)/b23-14+. The number of carbonyl (C=O) groups excluding carboxylic acids is 1. The van der Waals surface area contributed by atoms with E-state index < -0.39 is 5.91 Å². The Hall–Kier alpha value is -3.95. The van der Waals surface area contributed by atoms with Gasteiger partial charge in [-0.05, 0) is 71.3 Å². The molecule has 1 amide bonds. The number of halogens is 3. The molecule has 38 heavy (non-hydrogen) atoms. The average Bonchev–Trinajstić information content (AvgIpc) is 2.93.